The van der Waals surface area contributed by atoms with Crippen LogP contribution in [0.4, 0.5) is 10.8 Å². The maximum Gasteiger partial charge on any atom is 0.272 e. The van der Waals surface area contributed by atoms with E-state index in [9.17, 15) is 4.79 Å². The van der Waals surface area contributed by atoms with Gasteiger partial charge in [-0.25, -0.2) is 10.4 Å². The van der Waals surface area contributed by atoms with Crippen LogP contribution in [0.1, 0.15) is 15.2 Å². The summed E-state index contributed by atoms with van der Waals surface area (Å²) in [5, 5.41) is 8.09. The van der Waals surface area contributed by atoms with Crippen molar-refractivity contribution < 1.29 is 4.79 Å². The van der Waals surface area contributed by atoms with Crippen molar-refractivity contribution in [1.82, 2.24) is 10.4 Å². The van der Waals surface area contributed by atoms with Crippen molar-refractivity contribution in [3.63, 3.8) is 0 Å². The summed E-state index contributed by atoms with van der Waals surface area (Å²) in [6, 6.07) is 16.8. The maximum atomic E-state index is 12.1. The monoisotopic (exact) mass is 434 g/mol. The summed E-state index contributed by atoms with van der Waals surface area (Å²) in [4.78, 5) is 17.0. The van der Waals surface area contributed by atoms with Gasteiger partial charge in [-0.15, -0.1) is 0 Å². The molecule has 25 heavy (non-hydrogen) atoms. The number of nitrogens with zero attached hydrogens (tertiary/aromatic N) is 2. The average Bonchev–Trinajstić information content (AvgIpc) is 2.95. The molecule has 0 saturated carbocycles. The highest BCUT2D eigenvalue weighted by Crippen LogP contribution is 2.27. The molecule has 1 amide bonds. The fraction of sp³-hybridized carbons (Fsp3) is 0. The van der Waals surface area contributed by atoms with Crippen molar-refractivity contribution in [3.05, 3.63) is 74.7 Å². The molecule has 0 saturated heterocycles. The molecule has 0 bridgehead atoms. The number of hydrazone groups is 1. The summed E-state index contributed by atoms with van der Waals surface area (Å²) >= 11 is 10.8. The second-order valence-electron chi connectivity index (χ2n) is 4.84. The molecule has 1 aromatic heterocycles. The van der Waals surface area contributed by atoms with Crippen LogP contribution in [0.25, 0.3) is 0 Å². The first kappa shape index (κ1) is 17.6. The summed E-state index contributed by atoms with van der Waals surface area (Å²) in [6.07, 6.45) is 1.48. The molecular weight excluding hydrogens is 424 g/mol. The Kier molecular flexibility index (Phi) is 5.80. The van der Waals surface area contributed by atoms with Gasteiger partial charge in [0.2, 0.25) is 0 Å². The number of rotatable bonds is 5. The second-order valence-corrected chi connectivity index (χ2v) is 7.09. The Labute approximate surface area is 161 Å². The van der Waals surface area contributed by atoms with Gasteiger partial charge in [-0.3, -0.25) is 4.79 Å². The van der Waals surface area contributed by atoms with Crippen molar-refractivity contribution in [2.45, 2.75) is 0 Å². The first-order valence-corrected chi connectivity index (χ1v) is 9.18. The first-order valence-electron chi connectivity index (χ1n) is 7.20. The van der Waals surface area contributed by atoms with Crippen LogP contribution in [0.5, 0.6) is 0 Å². The second kappa shape index (κ2) is 8.24. The Balaban J connectivity index is 1.66. The van der Waals surface area contributed by atoms with Crippen LogP contribution in [0, 0.1) is 0 Å². The fourth-order valence-corrected chi connectivity index (χ4v) is 3.46. The lowest BCUT2D eigenvalue weighted by Gasteiger charge is -2.01. The quantitative estimate of drug-likeness (QED) is 0.434. The zero-order valence-electron chi connectivity index (χ0n) is 12.7. The van der Waals surface area contributed by atoms with E-state index < -0.39 is 0 Å². The number of nitrogens with one attached hydrogen (secondary N) is 2. The van der Waals surface area contributed by atoms with Crippen molar-refractivity contribution in [3.8, 4) is 0 Å². The Bertz CT molecular complexity index is 914. The van der Waals surface area contributed by atoms with Crippen molar-refractivity contribution in [1.29, 1.82) is 0 Å². The summed E-state index contributed by atoms with van der Waals surface area (Å²) in [5.74, 6) is -0.313. The molecule has 2 aromatic carbocycles. The number of amides is 1. The van der Waals surface area contributed by atoms with Crippen molar-refractivity contribution in [2.24, 2.45) is 5.10 Å². The topological polar surface area (TPSA) is 66.4 Å². The lowest BCUT2D eigenvalue weighted by atomic mass is 10.2. The number of carbonyl (C=O) groups is 1. The van der Waals surface area contributed by atoms with Crippen LogP contribution in [0.15, 0.2) is 64.2 Å². The molecule has 8 heteroatoms. The molecule has 0 spiro atoms. The Hall–Kier alpha value is -2.22. The van der Waals surface area contributed by atoms with Crippen LogP contribution in [-0.4, -0.2) is 17.1 Å². The Morgan fingerprint density at radius 2 is 1.88 bits per heavy atom. The predicted molar refractivity (Wildman–Crippen MR) is 106 cm³/mol. The number of thiazole rings is 1. The van der Waals surface area contributed by atoms with Gasteiger partial charge in [-0.05, 0) is 40.2 Å². The van der Waals surface area contributed by atoms with Crippen LogP contribution >= 0.6 is 38.9 Å². The smallest absolute Gasteiger partial charge is 0.272 e. The van der Waals surface area contributed by atoms with Crippen LogP contribution < -0.4 is 10.7 Å². The van der Waals surface area contributed by atoms with E-state index in [1.807, 2.05) is 36.4 Å². The molecule has 0 aliphatic carbocycles. The first-order chi connectivity index (χ1) is 12.1. The standard InChI is InChI=1S/C17H12BrClN4OS/c18-13-9-5-4-8-12(13)16(24)23-20-10-14-15(19)22-17(25-14)21-11-6-2-1-3-7-11/h1-10H,(H,21,22)(H,23,24). The normalized spacial score (nSPS) is 10.8. The van der Waals surface area contributed by atoms with Crippen molar-refractivity contribution in [2.75, 3.05) is 5.32 Å². The van der Waals surface area contributed by atoms with Gasteiger partial charge in [-0.1, -0.05) is 53.3 Å². The van der Waals surface area contributed by atoms with E-state index >= 15 is 0 Å². The van der Waals surface area contributed by atoms with Gasteiger partial charge < -0.3 is 5.32 Å². The Morgan fingerprint density at radius 3 is 2.64 bits per heavy atom. The van der Waals surface area contributed by atoms with E-state index in [4.69, 9.17) is 11.6 Å². The van der Waals surface area contributed by atoms with Gasteiger partial charge in [0.15, 0.2) is 10.3 Å². The van der Waals surface area contributed by atoms with Crippen molar-refractivity contribution >= 4 is 61.8 Å². The molecule has 0 aliphatic rings. The van der Waals surface area contributed by atoms with E-state index in [1.165, 1.54) is 17.6 Å². The number of hydrogen-bond acceptors (Lipinski definition) is 5. The number of hydrogen-bond donors (Lipinski definition) is 2. The minimum absolute atomic E-state index is 0.313. The van der Waals surface area contributed by atoms with Crippen LogP contribution in [-0.2, 0) is 0 Å². The minimum atomic E-state index is -0.313. The van der Waals surface area contributed by atoms with E-state index in [0.717, 1.165) is 5.69 Å². The number of carbonyl (C=O) groups excluding carboxylic acids is 1. The molecule has 0 aliphatic heterocycles. The van der Waals surface area contributed by atoms with Gasteiger partial charge in [0.25, 0.3) is 5.91 Å². The molecular formula is C17H12BrClN4OS. The third kappa shape index (κ3) is 4.66. The maximum absolute atomic E-state index is 12.1. The SMILES string of the molecule is O=C(NN=Cc1sc(Nc2ccccc2)nc1Cl)c1ccccc1Br. The third-order valence-electron chi connectivity index (χ3n) is 3.10. The summed E-state index contributed by atoms with van der Waals surface area (Å²) in [7, 11) is 0. The van der Waals surface area contributed by atoms with E-state index in [0.29, 0.717) is 25.2 Å². The zero-order valence-corrected chi connectivity index (χ0v) is 15.9. The summed E-state index contributed by atoms with van der Waals surface area (Å²) < 4.78 is 0.702. The molecule has 5 nitrogen and oxygen atoms in total. The molecule has 2 N–H and O–H groups in total. The lowest BCUT2D eigenvalue weighted by Crippen LogP contribution is -2.17. The molecule has 0 fully saturated rings. The number of anilines is 2. The highest BCUT2D eigenvalue weighted by Gasteiger charge is 2.10. The number of para-hydroxylation sites is 1. The van der Waals surface area contributed by atoms with Crippen LogP contribution in [0.3, 0.4) is 0 Å². The molecule has 3 aromatic rings. The van der Waals surface area contributed by atoms with Gasteiger partial charge in [0.05, 0.1) is 16.7 Å². The molecule has 3 rings (SSSR count). The van der Waals surface area contributed by atoms with E-state index in [1.54, 1.807) is 18.2 Å². The molecule has 0 unspecified atom stereocenters. The molecule has 0 radical (unpaired) electrons. The minimum Gasteiger partial charge on any atom is -0.331 e. The fourth-order valence-electron chi connectivity index (χ4n) is 1.95. The number of halogens is 2. The van der Waals surface area contributed by atoms with E-state index in [-0.39, 0.29) is 5.91 Å². The predicted octanol–water partition coefficient (Wildman–Crippen LogP) is 5.07. The summed E-state index contributed by atoms with van der Waals surface area (Å²) in [6.45, 7) is 0. The highest BCUT2D eigenvalue weighted by molar-refractivity contribution is 9.10. The van der Waals surface area contributed by atoms with Gasteiger partial charge in [0.1, 0.15) is 0 Å². The largest absolute Gasteiger partial charge is 0.331 e. The van der Waals surface area contributed by atoms with E-state index in [2.05, 4.69) is 36.8 Å². The third-order valence-corrected chi connectivity index (χ3v) is 5.10. The van der Waals surface area contributed by atoms with Gasteiger partial charge in [-0.2, -0.15) is 5.10 Å². The average molecular weight is 436 g/mol. The summed E-state index contributed by atoms with van der Waals surface area (Å²) in [5.41, 5.74) is 3.89. The molecule has 0 atom stereocenters. The zero-order chi connectivity index (χ0) is 17.6. The number of aromatic nitrogens is 1. The molecule has 126 valence electrons. The van der Waals surface area contributed by atoms with Crippen LogP contribution in [0.2, 0.25) is 5.15 Å². The Morgan fingerprint density at radius 1 is 1.16 bits per heavy atom. The number of benzene rings is 2. The van der Waals surface area contributed by atoms with Gasteiger partial charge in [0, 0.05) is 10.2 Å². The molecule has 1 heterocycles. The highest BCUT2D eigenvalue weighted by atomic mass is 79.9. The van der Waals surface area contributed by atoms with Gasteiger partial charge >= 0.3 is 0 Å². The lowest BCUT2D eigenvalue weighted by molar-refractivity contribution is 0.0954.